The summed E-state index contributed by atoms with van der Waals surface area (Å²) in [5.74, 6) is 0.137. The van der Waals surface area contributed by atoms with Gasteiger partial charge in [-0.25, -0.2) is 4.79 Å². The van der Waals surface area contributed by atoms with Crippen molar-refractivity contribution in [2.45, 2.75) is 59.6 Å². The van der Waals surface area contributed by atoms with E-state index < -0.39 is 5.60 Å². The lowest BCUT2D eigenvalue weighted by molar-refractivity contribution is -0.138. The van der Waals surface area contributed by atoms with Gasteiger partial charge in [0, 0.05) is 25.6 Å². The Balaban J connectivity index is 2.60. The molecular formula is C15H28N2O3. The monoisotopic (exact) mass is 284 g/mol. The van der Waals surface area contributed by atoms with Crippen molar-refractivity contribution >= 4 is 12.0 Å². The summed E-state index contributed by atoms with van der Waals surface area (Å²) in [6.07, 6.45) is 0.477. The predicted molar refractivity (Wildman–Crippen MR) is 78.4 cm³/mol. The lowest BCUT2D eigenvalue weighted by Gasteiger charge is -2.29. The molecule has 0 aliphatic carbocycles. The Morgan fingerprint density at radius 3 is 2.15 bits per heavy atom. The van der Waals surface area contributed by atoms with Gasteiger partial charge >= 0.3 is 6.09 Å². The van der Waals surface area contributed by atoms with Gasteiger partial charge < -0.3 is 14.5 Å². The highest BCUT2D eigenvalue weighted by atomic mass is 16.6. The van der Waals surface area contributed by atoms with Crippen molar-refractivity contribution in [2.24, 2.45) is 5.41 Å². The van der Waals surface area contributed by atoms with Gasteiger partial charge in [-0.2, -0.15) is 0 Å². The molecule has 5 heteroatoms. The summed E-state index contributed by atoms with van der Waals surface area (Å²) >= 11 is 0. The van der Waals surface area contributed by atoms with Crippen LogP contribution in [0.2, 0.25) is 0 Å². The third-order valence-electron chi connectivity index (χ3n) is 3.32. The lowest BCUT2D eigenvalue weighted by atomic mass is 9.95. The van der Waals surface area contributed by atoms with E-state index in [0.29, 0.717) is 13.1 Å². The summed E-state index contributed by atoms with van der Waals surface area (Å²) in [5.41, 5.74) is -0.871. The second-order valence-electron chi connectivity index (χ2n) is 7.53. The molecule has 1 fully saturated rings. The van der Waals surface area contributed by atoms with Crippen molar-refractivity contribution in [3.8, 4) is 0 Å². The van der Waals surface area contributed by atoms with E-state index in [-0.39, 0.29) is 23.5 Å². The third-order valence-corrected chi connectivity index (χ3v) is 3.32. The van der Waals surface area contributed by atoms with Gasteiger partial charge in [-0.05, 0) is 27.2 Å². The molecule has 0 radical (unpaired) electrons. The van der Waals surface area contributed by atoms with Gasteiger partial charge in [0.05, 0.1) is 6.04 Å². The van der Waals surface area contributed by atoms with E-state index in [0.717, 1.165) is 6.42 Å². The molecule has 0 saturated carbocycles. The summed E-state index contributed by atoms with van der Waals surface area (Å²) < 4.78 is 5.36. The molecule has 1 saturated heterocycles. The normalized spacial score (nSPS) is 19.9. The SMILES string of the molecule is CN(C(=O)OC(C)(C)C)[C@@H]1CCN(C(=O)C(C)(C)C)C1. The average Bonchev–Trinajstić information content (AvgIpc) is 2.72. The second-order valence-corrected chi connectivity index (χ2v) is 7.53. The maximum absolute atomic E-state index is 12.2. The predicted octanol–water partition coefficient (Wildman–Crippen LogP) is 2.50. The molecule has 0 aromatic heterocycles. The van der Waals surface area contributed by atoms with Crippen molar-refractivity contribution in [1.82, 2.24) is 9.80 Å². The van der Waals surface area contributed by atoms with E-state index in [2.05, 4.69) is 0 Å². The van der Waals surface area contributed by atoms with Crippen LogP contribution in [0.25, 0.3) is 0 Å². The molecule has 2 amide bonds. The van der Waals surface area contributed by atoms with E-state index in [1.165, 1.54) is 0 Å². The summed E-state index contributed by atoms with van der Waals surface area (Å²) in [6, 6.07) is 0.0381. The van der Waals surface area contributed by atoms with Crippen LogP contribution in [0, 0.1) is 5.41 Å². The van der Waals surface area contributed by atoms with E-state index in [1.807, 2.05) is 46.4 Å². The molecule has 1 aliphatic heterocycles. The Labute approximate surface area is 122 Å². The van der Waals surface area contributed by atoms with Gasteiger partial charge in [0.15, 0.2) is 0 Å². The van der Waals surface area contributed by atoms with Crippen molar-refractivity contribution in [3.63, 3.8) is 0 Å². The number of carbonyl (C=O) groups excluding carboxylic acids is 2. The second kappa shape index (κ2) is 5.62. The lowest BCUT2D eigenvalue weighted by Crippen LogP contribution is -2.44. The number of hydrogen-bond donors (Lipinski definition) is 0. The fraction of sp³-hybridized carbons (Fsp3) is 0.867. The molecule has 0 unspecified atom stereocenters. The van der Waals surface area contributed by atoms with Crippen LogP contribution in [0.5, 0.6) is 0 Å². The van der Waals surface area contributed by atoms with Crippen LogP contribution in [-0.4, -0.2) is 53.6 Å². The largest absolute Gasteiger partial charge is 0.444 e. The van der Waals surface area contributed by atoms with E-state index in [1.54, 1.807) is 11.9 Å². The van der Waals surface area contributed by atoms with Gasteiger partial charge in [0.1, 0.15) is 5.60 Å². The number of likely N-dealkylation sites (N-methyl/N-ethyl adjacent to an activating group) is 1. The third kappa shape index (κ3) is 4.39. The Kier molecular flexibility index (Phi) is 4.72. The molecular weight excluding hydrogens is 256 g/mol. The van der Waals surface area contributed by atoms with Gasteiger partial charge in [-0.15, -0.1) is 0 Å². The molecule has 1 rings (SSSR count). The van der Waals surface area contributed by atoms with Gasteiger partial charge in [-0.1, -0.05) is 20.8 Å². The number of likely N-dealkylation sites (tertiary alicyclic amines) is 1. The number of carbonyl (C=O) groups is 2. The molecule has 0 spiro atoms. The highest BCUT2D eigenvalue weighted by molar-refractivity contribution is 5.82. The minimum atomic E-state index is -0.495. The molecule has 5 nitrogen and oxygen atoms in total. The number of nitrogens with zero attached hydrogens (tertiary/aromatic N) is 2. The van der Waals surface area contributed by atoms with Crippen LogP contribution in [0.3, 0.4) is 0 Å². The maximum Gasteiger partial charge on any atom is 0.410 e. The molecule has 0 aromatic rings. The molecule has 0 bridgehead atoms. The first-order chi connectivity index (χ1) is 8.92. The van der Waals surface area contributed by atoms with Crippen LogP contribution in [0.15, 0.2) is 0 Å². The van der Waals surface area contributed by atoms with Gasteiger partial charge in [0.25, 0.3) is 0 Å². The zero-order valence-electron chi connectivity index (χ0n) is 13.8. The Bertz CT molecular complexity index is 380. The molecule has 0 aromatic carbocycles. The maximum atomic E-state index is 12.2. The fourth-order valence-corrected chi connectivity index (χ4v) is 2.20. The Morgan fingerprint density at radius 1 is 1.15 bits per heavy atom. The number of rotatable bonds is 1. The minimum Gasteiger partial charge on any atom is -0.444 e. The number of ether oxygens (including phenoxy) is 1. The van der Waals surface area contributed by atoms with E-state index in [4.69, 9.17) is 4.74 Å². The fourth-order valence-electron chi connectivity index (χ4n) is 2.20. The van der Waals surface area contributed by atoms with E-state index >= 15 is 0 Å². The summed E-state index contributed by atoms with van der Waals surface area (Å²) in [5, 5.41) is 0. The first-order valence-corrected chi connectivity index (χ1v) is 7.17. The molecule has 0 N–H and O–H groups in total. The van der Waals surface area contributed by atoms with Crippen molar-refractivity contribution in [1.29, 1.82) is 0 Å². The quantitative estimate of drug-likeness (QED) is 0.743. The van der Waals surface area contributed by atoms with Crippen LogP contribution in [0.1, 0.15) is 48.0 Å². The highest BCUT2D eigenvalue weighted by Gasteiger charge is 2.36. The molecule has 1 atom stereocenters. The van der Waals surface area contributed by atoms with Crippen LogP contribution in [-0.2, 0) is 9.53 Å². The van der Waals surface area contributed by atoms with E-state index in [9.17, 15) is 9.59 Å². The Hall–Kier alpha value is -1.26. The minimum absolute atomic E-state index is 0.0381. The van der Waals surface area contributed by atoms with Crippen molar-refractivity contribution in [2.75, 3.05) is 20.1 Å². The first kappa shape index (κ1) is 16.8. The smallest absolute Gasteiger partial charge is 0.410 e. The molecule has 20 heavy (non-hydrogen) atoms. The highest BCUT2D eigenvalue weighted by Crippen LogP contribution is 2.23. The first-order valence-electron chi connectivity index (χ1n) is 7.17. The van der Waals surface area contributed by atoms with Gasteiger partial charge in [-0.3, -0.25) is 4.79 Å². The molecule has 1 aliphatic rings. The van der Waals surface area contributed by atoms with Crippen molar-refractivity contribution < 1.29 is 14.3 Å². The average molecular weight is 284 g/mol. The van der Waals surface area contributed by atoms with Crippen molar-refractivity contribution in [3.05, 3.63) is 0 Å². The summed E-state index contributed by atoms with van der Waals surface area (Å²) in [6.45, 7) is 12.6. The molecule has 1 heterocycles. The Morgan fingerprint density at radius 2 is 1.70 bits per heavy atom. The topological polar surface area (TPSA) is 49.9 Å². The van der Waals surface area contributed by atoms with Crippen LogP contribution in [0.4, 0.5) is 4.79 Å². The van der Waals surface area contributed by atoms with Crippen LogP contribution < -0.4 is 0 Å². The molecule has 116 valence electrons. The summed E-state index contributed by atoms with van der Waals surface area (Å²) in [4.78, 5) is 27.7. The zero-order valence-corrected chi connectivity index (χ0v) is 13.8. The number of hydrogen-bond acceptors (Lipinski definition) is 3. The van der Waals surface area contributed by atoms with Crippen LogP contribution >= 0.6 is 0 Å². The summed E-state index contributed by atoms with van der Waals surface area (Å²) in [7, 11) is 1.74. The zero-order chi connectivity index (χ0) is 15.7. The standard InChI is InChI=1S/C15H28N2O3/c1-14(2,3)12(18)17-9-8-11(10-17)16(7)13(19)20-15(4,5)6/h11H,8-10H2,1-7H3/t11-/m1/s1. The van der Waals surface area contributed by atoms with Gasteiger partial charge in [0.2, 0.25) is 5.91 Å². The number of amides is 2.